The smallest absolute Gasteiger partial charge is 0.0654 e. The molecule has 0 amide bonds. The first-order valence-corrected chi connectivity index (χ1v) is 30.3. The van der Waals surface area contributed by atoms with Crippen molar-refractivity contribution in [3.63, 3.8) is 0 Å². The maximum absolute atomic E-state index is 2.68. The van der Waals surface area contributed by atoms with E-state index in [1.807, 2.05) is 0 Å². The van der Waals surface area contributed by atoms with Gasteiger partial charge in [0.25, 0.3) is 0 Å². The molecule has 0 bridgehead atoms. The average Bonchev–Trinajstić information content (AvgIpc) is 3.49. The van der Waals surface area contributed by atoms with Crippen molar-refractivity contribution in [3.8, 4) is 77.9 Å². The van der Waals surface area contributed by atoms with Gasteiger partial charge in [0.15, 0.2) is 0 Å². The molecule has 5 aliphatic carbocycles. The van der Waals surface area contributed by atoms with Crippen molar-refractivity contribution in [2.45, 2.75) is 120 Å². The number of unbranched alkanes of at least 4 members (excludes halogenated alkanes) is 10. The average molecular weight is 1020 g/mol. The highest BCUT2D eigenvalue weighted by Crippen LogP contribution is 2.65. The molecule has 0 nitrogen and oxygen atoms in total. The Kier molecular flexibility index (Phi) is 11.8. The maximum atomic E-state index is 2.68. The Morgan fingerprint density at radius 1 is 0.215 bits per heavy atom. The Morgan fingerprint density at radius 3 is 0.734 bits per heavy atom. The molecule has 2 spiro atoms. The Bertz CT molecular complexity index is 3640. The minimum absolute atomic E-state index is 0.0960. The summed E-state index contributed by atoms with van der Waals surface area (Å²) in [7, 11) is 0. The molecule has 0 aromatic heterocycles. The van der Waals surface area contributed by atoms with E-state index >= 15 is 0 Å². The Balaban J connectivity index is 0.885. The van der Waals surface area contributed by atoms with Crippen molar-refractivity contribution in [1.82, 2.24) is 0 Å². The van der Waals surface area contributed by atoms with Crippen LogP contribution in [0.15, 0.2) is 218 Å². The summed E-state index contributed by atoms with van der Waals surface area (Å²) >= 11 is 0. The first-order valence-electron chi connectivity index (χ1n) is 30.3. The lowest BCUT2D eigenvalue weighted by Crippen LogP contribution is -2.26. The van der Waals surface area contributed by atoms with Crippen LogP contribution in [0.2, 0.25) is 0 Å². The van der Waals surface area contributed by atoms with Gasteiger partial charge in [0.05, 0.1) is 10.8 Å². The highest BCUT2D eigenvalue weighted by atomic mass is 14.5. The molecule has 0 saturated carbocycles. The van der Waals surface area contributed by atoms with E-state index in [2.05, 4.69) is 232 Å². The second-order valence-corrected chi connectivity index (χ2v) is 23.9. The normalized spacial score (nSPS) is 15.0. The minimum atomic E-state index is -0.373. The lowest BCUT2D eigenvalue weighted by Gasteiger charge is -2.34. The highest BCUT2D eigenvalue weighted by molar-refractivity contribution is 5.98. The largest absolute Gasteiger partial charge is 0.0725 e. The molecular formula is C79H70. The van der Waals surface area contributed by atoms with Crippen LogP contribution >= 0.6 is 0 Å². The van der Waals surface area contributed by atoms with E-state index in [1.165, 1.54) is 212 Å². The van der Waals surface area contributed by atoms with E-state index < -0.39 is 0 Å². The SMILES string of the molecule is CCCCCCCCC1(CCCCCCCC)c2cc(-c3ccc4c(c3)C3(c5ccccc5-c5ccccc53)c3ccccc3-4)ccc2-c2ccc(-c3ccc4c(c3)C3(c5ccccc5-c5ccccc53)c3ccccc3-4)cc21. The Labute approximate surface area is 469 Å². The van der Waals surface area contributed by atoms with Crippen LogP contribution in [-0.2, 0) is 16.2 Å². The fraction of sp³-hybridized carbons (Fsp3) is 0.241. The Morgan fingerprint density at radius 2 is 0.443 bits per heavy atom. The number of rotatable bonds is 16. The first-order chi connectivity index (χ1) is 39.1. The van der Waals surface area contributed by atoms with Crippen molar-refractivity contribution < 1.29 is 0 Å². The van der Waals surface area contributed by atoms with Crippen molar-refractivity contribution in [3.05, 3.63) is 274 Å². The van der Waals surface area contributed by atoms with Crippen LogP contribution in [0.4, 0.5) is 0 Å². The molecule has 386 valence electrons. The van der Waals surface area contributed by atoms with Crippen LogP contribution in [0.3, 0.4) is 0 Å². The van der Waals surface area contributed by atoms with Crippen LogP contribution in [0, 0.1) is 0 Å². The molecule has 0 atom stereocenters. The summed E-state index contributed by atoms with van der Waals surface area (Å²) in [6.45, 7) is 4.68. The lowest BCUT2D eigenvalue weighted by molar-refractivity contribution is 0.398. The molecule has 0 heterocycles. The molecule has 0 radical (unpaired) electrons. The summed E-state index contributed by atoms with van der Waals surface area (Å²) in [6, 6.07) is 85.7. The van der Waals surface area contributed by atoms with Crippen LogP contribution in [0.5, 0.6) is 0 Å². The fourth-order valence-corrected chi connectivity index (χ4v) is 16.5. The summed E-state index contributed by atoms with van der Waals surface area (Å²) in [5.41, 5.74) is 32.5. The predicted molar refractivity (Wildman–Crippen MR) is 332 cm³/mol. The van der Waals surface area contributed by atoms with Crippen LogP contribution in [0.1, 0.15) is 159 Å². The maximum Gasteiger partial charge on any atom is 0.0725 e. The van der Waals surface area contributed by atoms with Crippen molar-refractivity contribution in [2.24, 2.45) is 0 Å². The molecule has 0 saturated heterocycles. The van der Waals surface area contributed by atoms with Gasteiger partial charge in [0, 0.05) is 5.41 Å². The van der Waals surface area contributed by atoms with E-state index in [0.717, 1.165) is 0 Å². The minimum Gasteiger partial charge on any atom is -0.0654 e. The first kappa shape index (κ1) is 48.3. The van der Waals surface area contributed by atoms with Crippen LogP contribution in [-0.4, -0.2) is 0 Å². The lowest BCUT2D eigenvalue weighted by atomic mass is 9.69. The zero-order valence-corrected chi connectivity index (χ0v) is 46.2. The summed E-state index contributed by atoms with van der Waals surface area (Å²) < 4.78 is 0. The van der Waals surface area contributed by atoms with Gasteiger partial charge in [0.2, 0.25) is 0 Å². The molecule has 0 fully saturated rings. The number of hydrogen-bond donors (Lipinski definition) is 0. The second-order valence-electron chi connectivity index (χ2n) is 23.9. The molecule has 15 rings (SSSR count). The number of benzene rings is 10. The molecular weight excluding hydrogens is 949 g/mol. The predicted octanol–water partition coefficient (Wildman–Crippen LogP) is 21.5. The van der Waals surface area contributed by atoms with Crippen molar-refractivity contribution in [1.29, 1.82) is 0 Å². The molecule has 10 aromatic rings. The van der Waals surface area contributed by atoms with Gasteiger partial charge in [-0.25, -0.2) is 0 Å². The third kappa shape index (κ3) is 6.99. The van der Waals surface area contributed by atoms with Gasteiger partial charge >= 0.3 is 0 Å². The highest BCUT2D eigenvalue weighted by Gasteiger charge is 2.53. The fourth-order valence-electron chi connectivity index (χ4n) is 16.5. The molecule has 10 aromatic carbocycles. The van der Waals surface area contributed by atoms with E-state index in [-0.39, 0.29) is 16.2 Å². The van der Waals surface area contributed by atoms with Crippen LogP contribution < -0.4 is 0 Å². The topological polar surface area (TPSA) is 0 Å². The van der Waals surface area contributed by atoms with E-state index in [1.54, 1.807) is 11.1 Å². The standard InChI is InChI=1S/C79H70/c1-3-5-7-9-11-25-47-77(48-26-12-10-8-6-4-2)73-49-53(55-41-45-65-61-31-17-23-37-71(61)78(75(65)51-55)67-33-19-13-27-57(67)58-28-14-20-34-68(58)78)39-43-63(73)64-44-40-54(50-74(64)77)56-42-46-66-62-32-18-24-38-72(62)79(76(66)52-56)69-35-21-15-29-59(69)60-30-16-22-36-70(60)79/h13-24,27-46,49-52H,3-12,25-26,47-48H2,1-2H3. The van der Waals surface area contributed by atoms with Crippen LogP contribution in [0.25, 0.3) is 77.9 Å². The summed E-state index contributed by atoms with van der Waals surface area (Å²) in [5.74, 6) is 0. The van der Waals surface area contributed by atoms with Gasteiger partial charge in [-0.3, -0.25) is 0 Å². The van der Waals surface area contributed by atoms with Gasteiger partial charge in [-0.1, -0.05) is 285 Å². The third-order valence-corrected chi connectivity index (χ3v) is 19.9. The molecule has 0 N–H and O–H groups in total. The zero-order valence-electron chi connectivity index (χ0n) is 46.2. The van der Waals surface area contributed by atoms with Gasteiger partial charge < -0.3 is 0 Å². The van der Waals surface area contributed by atoms with Gasteiger partial charge in [-0.15, -0.1) is 0 Å². The summed E-state index contributed by atoms with van der Waals surface area (Å²) in [6.07, 6.45) is 17.9. The Hall–Kier alpha value is -7.80. The molecule has 0 aliphatic heterocycles. The number of hydrogen-bond acceptors (Lipinski definition) is 0. The van der Waals surface area contributed by atoms with Gasteiger partial charge in [0.1, 0.15) is 0 Å². The summed E-state index contributed by atoms with van der Waals surface area (Å²) in [4.78, 5) is 0. The van der Waals surface area contributed by atoms with E-state index in [9.17, 15) is 0 Å². The second kappa shape index (κ2) is 19.2. The zero-order chi connectivity index (χ0) is 52.7. The summed E-state index contributed by atoms with van der Waals surface area (Å²) in [5, 5.41) is 0. The third-order valence-electron chi connectivity index (χ3n) is 19.9. The molecule has 5 aliphatic rings. The molecule has 0 heteroatoms. The van der Waals surface area contributed by atoms with E-state index in [0.29, 0.717) is 0 Å². The van der Waals surface area contributed by atoms with Gasteiger partial charge in [-0.2, -0.15) is 0 Å². The van der Waals surface area contributed by atoms with E-state index in [4.69, 9.17) is 0 Å². The quantitative estimate of drug-likeness (QED) is 0.0846. The van der Waals surface area contributed by atoms with Crippen molar-refractivity contribution >= 4 is 0 Å². The number of fused-ring (bicyclic) bond motifs is 23. The monoisotopic (exact) mass is 1020 g/mol. The molecule has 0 unspecified atom stereocenters. The van der Waals surface area contributed by atoms with Crippen molar-refractivity contribution in [2.75, 3.05) is 0 Å². The molecule has 79 heavy (non-hydrogen) atoms. The van der Waals surface area contributed by atoms with Gasteiger partial charge in [-0.05, 0) is 171 Å².